The summed E-state index contributed by atoms with van der Waals surface area (Å²) >= 11 is -0.0100. The fraction of sp³-hybridized carbons (Fsp3) is 0.778. The molecule has 1 atom stereocenters. The Bertz CT molecular complexity index is 185. The van der Waals surface area contributed by atoms with Gasteiger partial charge in [-0.05, 0) is 18.2 Å². The third-order valence-electron chi connectivity index (χ3n) is 1.66. The van der Waals surface area contributed by atoms with Crippen LogP contribution in [-0.2, 0) is 0 Å². The van der Waals surface area contributed by atoms with Crippen LogP contribution < -0.4 is 5.32 Å². The molecule has 0 spiro atoms. The highest BCUT2D eigenvalue weighted by Gasteiger charge is 2.27. The summed E-state index contributed by atoms with van der Waals surface area (Å²) in [5.41, 5.74) is -4.13. The van der Waals surface area contributed by atoms with Crippen molar-refractivity contribution in [3.05, 3.63) is 0 Å². The molecule has 0 bridgehead atoms. The summed E-state index contributed by atoms with van der Waals surface area (Å²) in [6.07, 6.45) is 6.50. The maximum Gasteiger partial charge on any atom is 0.441 e. The van der Waals surface area contributed by atoms with Crippen LogP contribution in [0.4, 0.5) is 13.2 Å². The molecule has 82 valence electrons. The fourth-order valence-corrected chi connectivity index (χ4v) is 1.38. The maximum atomic E-state index is 11.7. The second-order valence-electron chi connectivity index (χ2n) is 2.76. The van der Waals surface area contributed by atoms with Crippen LogP contribution in [0.5, 0.6) is 0 Å². The average Bonchev–Trinajstić information content (AvgIpc) is 2.08. The molecule has 0 aromatic rings. The SMILES string of the molecule is C#CCC(CC)NCCSC(F)(F)F. The number of hydrogen-bond donors (Lipinski definition) is 1. The van der Waals surface area contributed by atoms with Gasteiger partial charge >= 0.3 is 5.51 Å². The van der Waals surface area contributed by atoms with Crippen LogP contribution in [0.2, 0.25) is 0 Å². The number of alkyl halides is 3. The molecule has 0 aliphatic carbocycles. The van der Waals surface area contributed by atoms with Crippen LogP contribution in [0.1, 0.15) is 19.8 Å². The molecule has 0 aromatic heterocycles. The molecule has 0 saturated heterocycles. The third-order valence-corrected chi connectivity index (χ3v) is 2.39. The molecule has 1 unspecified atom stereocenters. The zero-order chi connectivity index (χ0) is 11.0. The van der Waals surface area contributed by atoms with Gasteiger partial charge in [-0.1, -0.05) is 6.92 Å². The molecule has 0 fully saturated rings. The van der Waals surface area contributed by atoms with Crippen molar-refractivity contribution >= 4 is 11.8 Å². The topological polar surface area (TPSA) is 12.0 Å². The number of nitrogens with one attached hydrogen (secondary N) is 1. The van der Waals surface area contributed by atoms with Gasteiger partial charge in [0.2, 0.25) is 0 Å². The molecule has 14 heavy (non-hydrogen) atoms. The quantitative estimate of drug-likeness (QED) is 0.551. The molecule has 1 N–H and O–H groups in total. The molecule has 1 nitrogen and oxygen atoms in total. The molecule has 0 amide bonds. The van der Waals surface area contributed by atoms with Gasteiger partial charge in [0.1, 0.15) is 0 Å². The van der Waals surface area contributed by atoms with E-state index in [0.29, 0.717) is 13.0 Å². The van der Waals surface area contributed by atoms with E-state index in [9.17, 15) is 13.2 Å². The van der Waals surface area contributed by atoms with Gasteiger partial charge in [0.25, 0.3) is 0 Å². The fourth-order valence-electron chi connectivity index (χ4n) is 0.933. The van der Waals surface area contributed by atoms with E-state index in [1.807, 2.05) is 6.92 Å². The first-order chi connectivity index (χ1) is 6.49. The molecule has 0 aliphatic heterocycles. The maximum absolute atomic E-state index is 11.7. The summed E-state index contributed by atoms with van der Waals surface area (Å²) in [6.45, 7) is 2.29. The van der Waals surface area contributed by atoms with Crippen LogP contribution in [0.15, 0.2) is 0 Å². The van der Waals surface area contributed by atoms with E-state index in [2.05, 4.69) is 11.2 Å². The van der Waals surface area contributed by atoms with Gasteiger partial charge in [-0.25, -0.2) is 0 Å². The smallest absolute Gasteiger partial charge is 0.312 e. The largest absolute Gasteiger partial charge is 0.441 e. The highest BCUT2D eigenvalue weighted by atomic mass is 32.2. The lowest BCUT2D eigenvalue weighted by Crippen LogP contribution is -2.30. The minimum atomic E-state index is -4.13. The number of terminal acetylenes is 1. The standard InChI is InChI=1S/C9H14F3NS/c1-3-5-8(4-2)13-6-7-14-9(10,11)12/h1,8,13H,4-7H2,2H3. The number of halogens is 3. The van der Waals surface area contributed by atoms with Crippen molar-refractivity contribution in [2.75, 3.05) is 12.3 Å². The van der Waals surface area contributed by atoms with Gasteiger partial charge in [0.05, 0.1) is 0 Å². The zero-order valence-corrected chi connectivity index (χ0v) is 8.84. The molecule has 0 saturated carbocycles. The van der Waals surface area contributed by atoms with E-state index < -0.39 is 5.51 Å². The Balaban J connectivity index is 3.48. The van der Waals surface area contributed by atoms with Crippen molar-refractivity contribution in [1.82, 2.24) is 5.32 Å². The molecular weight excluding hydrogens is 211 g/mol. The Labute approximate surface area is 86.8 Å². The number of thioether (sulfide) groups is 1. The van der Waals surface area contributed by atoms with Crippen molar-refractivity contribution in [3.63, 3.8) is 0 Å². The lowest BCUT2D eigenvalue weighted by atomic mass is 10.1. The Kier molecular flexibility index (Phi) is 6.85. The first kappa shape index (κ1) is 13.7. The summed E-state index contributed by atoms with van der Waals surface area (Å²) in [7, 11) is 0. The lowest BCUT2D eigenvalue weighted by Gasteiger charge is -2.14. The van der Waals surface area contributed by atoms with Gasteiger partial charge in [-0.15, -0.1) is 12.3 Å². The molecule has 0 aliphatic rings. The monoisotopic (exact) mass is 225 g/mol. The summed E-state index contributed by atoms with van der Waals surface area (Å²) < 4.78 is 35.1. The number of hydrogen-bond acceptors (Lipinski definition) is 2. The van der Waals surface area contributed by atoms with Gasteiger partial charge in [0.15, 0.2) is 0 Å². The zero-order valence-electron chi connectivity index (χ0n) is 8.03. The van der Waals surface area contributed by atoms with Crippen molar-refractivity contribution < 1.29 is 13.2 Å². The normalized spacial score (nSPS) is 13.6. The van der Waals surface area contributed by atoms with Crippen molar-refractivity contribution in [2.24, 2.45) is 0 Å². The van der Waals surface area contributed by atoms with E-state index in [1.54, 1.807) is 0 Å². The van der Waals surface area contributed by atoms with Gasteiger partial charge in [-0.3, -0.25) is 0 Å². The van der Waals surface area contributed by atoms with Crippen LogP contribution in [0, 0.1) is 12.3 Å². The predicted octanol–water partition coefficient (Wildman–Crippen LogP) is 2.63. The molecule has 0 aromatic carbocycles. The minimum absolute atomic E-state index is 0.0100. The highest BCUT2D eigenvalue weighted by molar-refractivity contribution is 8.00. The first-order valence-corrected chi connectivity index (χ1v) is 5.35. The Hall–Kier alpha value is -0.340. The average molecular weight is 225 g/mol. The summed E-state index contributed by atoms with van der Waals surface area (Å²) in [5, 5.41) is 2.98. The van der Waals surface area contributed by atoms with Gasteiger partial charge in [-0.2, -0.15) is 13.2 Å². The molecule has 0 heterocycles. The second-order valence-corrected chi connectivity index (χ2v) is 3.92. The van der Waals surface area contributed by atoms with E-state index in [0.717, 1.165) is 6.42 Å². The van der Waals surface area contributed by atoms with Crippen LogP contribution >= 0.6 is 11.8 Å². The van der Waals surface area contributed by atoms with Crippen LogP contribution in [-0.4, -0.2) is 23.8 Å². The minimum Gasteiger partial charge on any atom is -0.312 e. The van der Waals surface area contributed by atoms with E-state index in [1.165, 1.54) is 0 Å². The van der Waals surface area contributed by atoms with Crippen molar-refractivity contribution in [3.8, 4) is 12.3 Å². The van der Waals surface area contributed by atoms with Gasteiger partial charge in [0, 0.05) is 24.8 Å². The third kappa shape index (κ3) is 8.27. The molecule has 5 heteroatoms. The summed E-state index contributed by atoms with van der Waals surface area (Å²) in [6, 6.07) is 0.133. The van der Waals surface area contributed by atoms with Crippen molar-refractivity contribution in [1.29, 1.82) is 0 Å². The Morgan fingerprint density at radius 1 is 1.50 bits per heavy atom. The van der Waals surface area contributed by atoms with Crippen LogP contribution in [0.3, 0.4) is 0 Å². The van der Waals surface area contributed by atoms with Gasteiger partial charge < -0.3 is 5.32 Å². The number of rotatable bonds is 6. The molecule has 0 radical (unpaired) electrons. The summed E-state index contributed by atoms with van der Waals surface area (Å²) in [5.74, 6) is 2.52. The summed E-state index contributed by atoms with van der Waals surface area (Å²) in [4.78, 5) is 0. The lowest BCUT2D eigenvalue weighted by molar-refractivity contribution is -0.0327. The van der Waals surface area contributed by atoms with E-state index in [4.69, 9.17) is 6.42 Å². The first-order valence-electron chi connectivity index (χ1n) is 4.37. The highest BCUT2D eigenvalue weighted by Crippen LogP contribution is 2.29. The Morgan fingerprint density at radius 2 is 2.14 bits per heavy atom. The predicted molar refractivity (Wildman–Crippen MR) is 54.0 cm³/mol. The Morgan fingerprint density at radius 3 is 2.57 bits per heavy atom. The molecular formula is C9H14F3NS. The second kappa shape index (κ2) is 7.02. The molecule has 0 rings (SSSR count). The van der Waals surface area contributed by atoms with E-state index >= 15 is 0 Å². The van der Waals surface area contributed by atoms with E-state index in [-0.39, 0.29) is 23.6 Å². The van der Waals surface area contributed by atoms with Crippen molar-refractivity contribution in [2.45, 2.75) is 31.3 Å². The van der Waals surface area contributed by atoms with Crippen LogP contribution in [0.25, 0.3) is 0 Å².